The van der Waals surface area contributed by atoms with Crippen LogP contribution in [-0.4, -0.2) is 30.3 Å². The van der Waals surface area contributed by atoms with E-state index in [-0.39, 0.29) is 17.2 Å². The lowest BCUT2D eigenvalue weighted by molar-refractivity contribution is 0.446. The molecule has 0 fully saturated rings. The number of aromatic nitrogens is 3. The molecule has 0 aliphatic rings. The minimum Gasteiger partial charge on any atom is -0.508 e. The highest BCUT2D eigenvalue weighted by Crippen LogP contribution is 2.32. The molecule has 148 valence electrons. The second-order valence-corrected chi connectivity index (χ2v) is 6.94. The van der Waals surface area contributed by atoms with Crippen LogP contribution in [0.5, 0.6) is 17.2 Å². The Morgan fingerprint density at radius 3 is 2.31 bits per heavy atom. The second-order valence-electron chi connectivity index (χ2n) is 6.94. The van der Waals surface area contributed by atoms with E-state index in [2.05, 4.69) is 22.4 Å². The topological polar surface area (TPSA) is 103 Å². The van der Waals surface area contributed by atoms with Crippen LogP contribution < -0.4 is 5.32 Å². The molecule has 4 N–H and O–H groups in total. The molecule has 7 heteroatoms. The number of nitrogens with zero attached hydrogens (tertiary/aromatic N) is 3. The molecular weight excluding hydrogens is 368 g/mol. The minimum absolute atomic E-state index is 0.0694. The number of benzene rings is 3. The van der Waals surface area contributed by atoms with Crippen LogP contribution in [0.15, 0.2) is 54.6 Å². The second kappa shape index (κ2) is 7.71. The molecule has 0 unspecified atom stereocenters. The minimum atomic E-state index is 0.0694. The zero-order valence-electron chi connectivity index (χ0n) is 16.0. The van der Waals surface area contributed by atoms with E-state index in [1.165, 1.54) is 10.9 Å². The number of hydrogen-bond donors (Lipinski definition) is 4. The summed E-state index contributed by atoms with van der Waals surface area (Å²) in [5.74, 6) is 0.358. The molecule has 0 aliphatic carbocycles. The van der Waals surface area contributed by atoms with Crippen LogP contribution in [0, 0.1) is 0 Å². The first-order valence-corrected chi connectivity index (χ1v) is 9.52. The Morgan fingerprint density at radius 1 is 0.828 bits per heavy atom. The molecule has 0 saturated heterocycles. The van der Waals surface area contributed by atoms with Crippen LogP contribution >= 0.6 is 0 Å². The molecule has 1 heterocycles. The number of nitrogens with one attached hydrogen (secondary N) is 1. The first-order valence-electron chi connectivity index (χ1n) is 9.52. The summed E-state index contributed by atoms with van der Waals surface area (Å²) in [6, 6.07) is 15.4. The number of fused-ring (bicyclic) bond motifs is 1. The van der Waals surface area contributed by atoms with Crippen LogP contribution in [0.1, 0.15) is 25.3 Å². The Balaban J connectivity index is 1.67. The summed E-state index contributed by atoms with van der Waals surface area (Å²) in [5, 5.41) is 42.3. The Labute approximate surface area is 167 Å². The molecule has 1 aromatic heterocycles. The monoisotopic (exact) mass is 390 g/mol. The molecule has 7 nitrogen and oxygen atoms in total. The molecule has 0 bridgehead atoms. The van der Waals surface area contributed by atoms with Gasteiger partial charge in [0.25, 0.3) is 0 Å². The molecule has 0 atom stereocenters. The van der Waals surface area contributed by atoms with Crippen molar-refractivity contribution >= 4 is 22.4 Å². The lowest BCUT2D eigenvalue weighted by Gasteiger charge is -2.09. The summed E-state index contributed by atoms with van der Waals surface area (Å²) in [4.78, 5) is 1.35. The number of rotatable bonds is 6. The fourth-order valence-electron chi connectivity index (χ4n) is 3.18. The number of phenols is 3. The summed E-state index contributed by atoms with van der Waals surface area (Å²) >= 11 is 0. The van der Waals surface area contributed by atoms with Gasteiger partial charge in [0.2, 0.25) is 0 Å². The first kappa shape index (κ1) is 18.6. The molecular formula is C22H22N4O3. The molecule has 0 spiro atoms. The van der Waals surface area contributed by atoms with Crippen LogP contribution in [-0.2, 0) is 6.42 Å². The van der Waals surface area contributed by atoms with Crippen molar-refractivity contribution in [3.8, 4) is 22.9 Å². The average molecular weight is 390 g/mol. The van der Waals surface area contributed by atoms with Gasteiger partial charge in [-0.3, -0.25) is 0 Å². The fourth-order valence-corrected chi connectivity index (χ4v) is 3.18. The standard InChI is InChI=1S/C22H22N4O3/c1-2-3-4-14-11-18(28)13-21(22(14)29)26-24-19-10-7-16(12-20(19)25-26)23-15-5-8-17(27)9-6-15/h5-13,23,27-29H,2-4H2,1H3. The maximum atomic E-state index is 10.6. The third-order valence-electron chi connectivity index (χ3n) is 4.70. The first-order chi connectivity index (χ1) is 14.0. The molecule has 4 aromatic rings. The van der Waals surface area contributed by atoms with Crippen molar-refractivity contribution in [1.82, 2.24) is 15.0 Å². The summed E-state index contributed by atoms with van der Waals surface area (Å²) < 4.78 is 0. The van der Waals surface area contributed by atoms with Crippen LogP contribution in [0.25, 0.3) is 16.7 Å². The van der Waals surface area contributed by atoms with E-state index in [4.69, 9.17) is 0 Å². The van der Waals surface area contributed by atoms with Crippen molar-refractivity contribution < 1.29 is 15.3 Å². The van der Waals surface area contributed by atoms with Crippen molar-refractivity contribution in [2.24, 2.45) is 0 Å². The van der Waals surface area contributed by atoms with Crippen molar-refractivity contribution in [3.63, 3.8) is 0 Å². The van der Waals surface area contributed by atoms with Gasteiger partial charge in [-0.25, -0.2) is 0 Å². The van der Waals surface area contributed by atoms with E-state index in [0.717, 1.165) is 24.2 Å². The maximum Gasteiger partial charge on any atom is 0.146 e. The van der Waals surface area contributed by atoms with Gasteiger partial charge >= 0.3 is 0 Å². The lowest BCUT2D eigenvalue weighted by Crippen LogP contribution is -2.01. The summed E-state index contributed by atoms with van der Waals surface area (Å²) in [6.07, 6.45) is 2.58. The zero-order valence-corrected chi connectivity index (χ0v) is 16.0. The van der Waals surface area contributed by atoms with Crippen LogP contribution in [0.2, 0.25) is 0 Å². The van der Waals surface area contributed by atoms with Gasteiger partial charge < -0.3 is 20.6 Å². The molecule has 4 rings (SSSR count). The van der Waals surface area contributed by atoms with Crippen molar-refractivity contribution in [3.05, 3.63) is 60.2 Å². The van der Waals surface area contributed by atoms with Crippen LogP contribution in [0.4, 0.5) is 11.4 Å². The Kier molecular flexibility index (Phi) is 4.95. The molecule has 29 heavy (non-hydrogen) atoms. The third kappa shape index (κ3) is 3.94. The molecule has 0 aliphatic heterocycles. The Hall–Kier alpha value is -3.74. The molecule has 0 amide bonds. The normalized spacial score (nSPS) is 11.1. The van der Waals surface area contributed by atoms with E-state index < -0.39 is 0 Å². The maximum absolute atomic E-state index is 10.6. The van der Waals surface area contributed by atoms with Gasteiger partial charge in [0.05, 0.1) is 0 Å². The zero-order chi connectivity index (χ0) is 20.4. The fraction of sp³-hybridized carbons (Fsp3) is 0.182. The predicted molar refractivity (Wildman–Crippen MR) is 112 cm³/mol. The van der Waals surface area contributed by atoms with Crippen LogP contribution in [0.3, 0.4) is 0 Å². The van der Waals surface area contributed by atoms with E-state index >= 15 is 0 Å². The average Bonchev–Trinajstić information content (AvgIpc) is 3.13. The van der Waals surface area contributed by atoms with Gasteiger partial charge in [-0.2, -0.15) is 0 Å². The van der Waals surface area contributed by atoms with E-state index in [0.29, 0.717) is 28.7 Å². The number of aromatic hydroxyl groups is 3. The quantitative estimate of drug-likeness (QED) is 0.358. The van der Waals surface area contributed by atoms with Gasteiger partial charge in [-0.05, 0) is 66.9 Å². The number of phenolic OH excluding ortho intramolecular Hbond substituents is 3. The van der Waals surface area contributed by atoms with E-state index in [9.17, 15) is 15.3 Å². The van der Waals surface area contributed by atoms with Gasteiger partial charge in [0.15, 0.2) is 0 Å². The number of aryl methyl sites for hydroxylation is 1. The smallest absolute Gasteiger partial charge is 0.146 e. The van der Waals surface area contributed by atoms with E-state index in [1.54, 1.807) is 30.3 Å². The predicted octanol–water partition coefficient (Wildman–Crippen LogP) is 4.62. The highest BCUT2D eigenvalue weighted by atomic mass is 16.3. The molecule has 3 aromatic carbocycles. The Morgan fingerprint density at radius 2 is 1.55 bits per heavy atom. The molecule has 0 radical (unpaired) electrons. The summed E-state index contributed by atoms with van der Waals surface area (Å²) in [7, 11) is 0. The van der Waals surface area contributed by atoms with Gasteiger partial charge in [0.1, 0.15) is 34.0 Å². The number of hydrogen-bond acceptors (Lipinski definition) is 6. The van der Waals surface area contributed by atoms with Crippen molar-refractivity contribution in [1.29, 1.82) is 0 Å². The van der Waals surface area contributed by atoms with Gasteiger partial charge in [-0.15, -0.1) is 15.0 Å². The largest absolute Gasteiger partial charge is 0.508 e. The molecule has 0 saturated carbocycles. The van der Waals surface area contributed by atoms with E-state index in [1.807, 2.05) is 18.2 Å². The van der Waals surface area contributed by atoms with Crippen molar-refractivity contribution in [2.75, 3.05) is 5.32 Å². The SMILES string of the molecule is CCCCc1cc(O)cc(-n2nc3ccc(Nc4ccc(O)cc4)cc3n2)c1O. The summed E-state index contributed by atoms with van der Waals surface area (Å²) in [6.45, 7) is 2.08. The summed E-state index contributed by atoms with van der Waals surface area (Å²) in [5.41, 5.74) is 3.99. The Bertz CT molecular complexity index is 1150. The highest BCUT2D eigenvalue weighted by Gasteiger charge is 2.14. The van der Waals surface area contributed by atoms with Crippen molar-refractivity contribution in [2.45, 2.75) is 26.2 Å². The van der Waals surface area contributed by atoms with Gasteiger partial charge in [0, 0.05) is 17.4 Å². The lowest BCUT2D eigenvalue weighted by atomic mass is 10.1. The third-order valence-corrected chi connectivity index (χ3v) is 4.70. The number of anilines is 2. The van der Waals surface area contributed by atoms with Gasteiger partial charge in [-0.1, -0.05) is 13.3 Å². The highest BCUT2D eigenvalue weighted by molar-refractivity contribution is 5.80. The number of unbranched alkanes of at least 4 members (excludes halogenated alkanes) is 1.